The summed E-state index contributed by atoms with van der Waals surface area (Å²) in [6.45, 7) is 39.8. The van der Waals surface area contributed by atoms with Crippen LogP contribution in [0.4, 0.5) is 5.69 Å². The monoisotopic (exact) mass is 2270 g/mol. The number of nitrogens with zero attached hydrogens (tertiary/aromatic N) is 6. The fourth-order valence-corrected chi connectivity index (χ4v) is 13.0. The van der Waals surface area contributed by atoms with Crippen LogP contribution < -0.4 is 18.6 Å². The second-order valence-electron chi connectivity index (χ2n) is 28.3. The molecule has 0 saturated heterocycles. The summed E-state index contributed by atoms with van der Waals surface area (Å²) in [5, 5.41) is -0.452. The number of carbonyl (C=O) groups is 1. The van der Waals surface area contributed by atoms with Gasteiger partial charge in [-0.25, -0.2) is 19.8 Å². The van der Waals surface area contributed by atoms with Crippen molar-refractivity contribution in [2.45, 2.75) is 131 Å². The Morgan fingerprint density at radius 3 is 0.802 bits per heavy atom. The molecule has 10 nitrogen and oxygen atoms in total. The molecule has 5 N–H and O–H groups in total. The summed E-state index contributed by atoms with van der Waals surface area (Å²) in [5.74, 6) is 3.65. The first-order chi connectivity index (χ1) is 46.9. The summed E-state index contributed by atoms with van der Waals surface area (Å²) < 4.78 is 11.7. The van der Waals surface area contributed by atoms with Crippen molar-refractivity contribution in [3.63, 3.8) is 0 Å². The van der Waals surface area contributed by atoms with Gasteiger partial charge in [0.2, 0.25) is 0 Å². The number of benzene rings is 8. The number of hydrogen-bond acceptors (Lipinski definition) is 7. The van der Waals surface area contributed by atoms with Gasteiger partial charge in [-0.05, 0) is 133 Å². The molecule has 0 unspecified atom stereocenters. The molecule has 0 bridgehead atoms. The number of hydrogen-bond donors (Lipinski definition) is 1. The second-order valence-corrected chi connectivity index (χ2v) is 110. The molecule has 572 valence electrons. The first kappa shape index (κ1) is 101. The molecule has 0 aliphatic heterocycles. The van der Waals surface area contributed by atoms with Crippen molar-refractivity contribution >= 4 is 230 Å². The summed E-state index contributed by atoms with van der Waals surface area (Å²) in [6.07, 6.45) is 0. The summed E-state index contributed by atoms with van der Waals surface area (Å²) in [6, 6.07) is 58.9. The molecule has 0 spiro atoms. The molecule has 0 aliphatic rings. The molecule has 30 heteroatoms. The Morgan fingerprint density at radius 1 is 0.349 bits per heavy atom. The Labute approximate surface area is 724 Å². The van der Waals surface area contributed by atoms with Crippen molar-refractivity contribution in [1.29, 1.82) is 0 Å². The van der Waals surface area contributed by atoms with Crippen LogP contribution in [-0.2, 0) is 27.1 Å². The van der Waals surface area contributed by atoms with Crippen LogP contribution in [0.5, 0.6) is 0 Å². The molecule has 0 saturated carbocycles. The second kappa shape index (κ2) is 41.4. The van der Waals surface area contributed by atoms with Crippen LogP contribution in [0.3, 0.4) is 0 Å². The van der Waals surface area contributed by atoms with Crippen LogP contribution in [0.15, 0.2) is 207 Å². The third-order valence-corrected chi connectivity index (χ3v) is 17.4. The third-order valence-electron chi connectivity index (χ3n) is 14.5. The molecule has 0 aliphatic carbocycles. The van der Waals surface area contributed by atoms with Gasteiger partial charge >= 0.3 is 123 Å². The van der Waals surface area contributed by atoms with E-state index in [-0.39, 0.29) is 51.1 Å². The van der Waals surface area contributed by atoms with Crippen molar-refractivity contribution < 1.29 is 27.1 Å². The van der Waals surface area contributed by atoms with E-state index < -0.39 is 28.6 Å². The van der Waals surface area contributed by atoms with Gasteiger partial charge in [0.1, 0.15) is 11.1 Å². The van der Waals surface area contributed by atoms with E-state index in [9.17, 15) is 4.79 Å². The molecule has 0 atom stereocenters. The molecular weight excluding hydrogens is 2210 g/mol. The zero-order valence-electron chi connectivity index (χ0n) is 60.1. The molecular formula is C76H79Br6Cl12N7O3Sb2. The molecule has 10 rings (SSSR count). The van der Waals surface area contributed by atoms with Gasteiger partial charge < -0.3 is 24.0 Å². The summed E-state index contributed by atoms with van der Waals surface area (Å²) in [4.78, 5) is 38.3. The van der Waals surface area contributed by atoms with E-state index >= 15 is 0 Å². The number of aromatic nitrogens is 5. The maximum atomic E-state index is 10.7. The normalized spacial score (nSPS) is 12.2. The Balaban J connectivity index is 0.000000489. The van der Waals surface area contributed by atoms with Crippen molar-refractivity contribution in [3.05, 3.63) is 248 Å². The minimum atomic E-state index is -4.33. The first-order valence-electron chi connectivity index (χ1n) is 31.1. The molecule has 2 aromatic heterocycles. The maximum absolute atomic E-state index is 10.7. The average Bonchev–Trinajstić information content (AvgIpc) is 0.795. The van der Waals surface area contributed by atoms with Crippen LogP contribution >= 0.6 is 195 Å². The van der Waals surface area contributed by atoms with E-state index in [2.05, 4.69) is 301 Å². The van der Waals surface area contributed by atoms with Crippen LogP contribution in [0.1, 0.15) is 142 Å². The van der Waals surface area contributed by atoms with Gasteiger partial charge in [0.25, 0.3) is 5.24 Å². The van der Waals surface area contributed by atoms with E-state index in [0.29, 0.717) is 46.3 Å². The van der Waals surface area contributed by atoms with E-state index in [1.165, 1.54) is 27.8 Å². The molecule has 2 heterocycles. The molecule has 10 aromatic rings. The predicted octanol–water partition coefficient (Wildman–Crippen LogP) is 28.1. The zero-order valence-corrected chi connectivity index (χ0v) is 83.8. The van der Waals surface area contributed by atoms with Gasteiger partial charge in [-0.1, -0.05) is 309 Å². The van der Waals surface area contributed by atoms with Crippen molar-refractivity contribution in [2.24, 2.45) is 0 Å². The van der Waals surface area contributed by atoms with E-state index in [1.54, 1.807) is 12.1 Å². The van der Waals surface area contributed by atoms with Crippen LogP contribution in [0.2, 0.25) is 0 Å². The fraction of sp³-hybridized carbons (Fsp3) is 0.263. The first-order valence-corrected chi connectivity index (χ1v) is 68.6. The minimum absolute atomic E-state index is 0. The summed E-state index contributed by atoms with van der Waals surface area (Å²) in [5.41, 5.74) is 13.7. The molecule has 106 heavy (non-hydrogen) atoms. The molecule has 0 radical (unpaired) electrons. The SMILES string of the molecule is CC(C)(C)c1ccc(-c2nc(-c3ccc(C(C)(C)C)cc3)[o+]c(-c3cc(Br)cc(Br)c3)n2)cc1.CC(C)(C)c1ccc(-c2nc(-c3ccc(C(C)(C)C)cc3)nc(-c3cc(Br)cc(Br)c3)n2)cc1.N.O.O=C(Cl)c1cc(Br)cc(Br)c1.[C-]#[N+]c1ccc(C(C)(C)C)cc1.[Cl-].[Cl][Sb]([Cl])([Cl])([Cl])[Cl].[Cl][Sb]([Cl])([Cl])([Cl])[Cl]. The Kier molecular flexibility index (Phi) is 39.4. The van der Waals surface area contributed by atoms with Crippen molar-refractivity contribution in [3.8, 4) is 68.5 Å². The van der Waals surface area contributed by atoms with Gasteiger partial charge in [-0.15, -0.1) is 9.97 Å². The van der Waals surface area contributed by atoms with Gasteiger partial charge in [-0.3, -0.25) is 4.79 Å². The summed E-state index contributed by atoms with van der Waals surface area (Å²) in [7, 11) is 50.5. The number of carbonyl (C=O) groups excluding carboxylic acids is 1. The molecule has 0 amide bonds. The van der Waals surface area contributed by atoms with Crippen LogP contribution in [-0.4, -0.2) is 59.0 Å². The Morgan fingerprint density at radius 2 is 0.557 bits per heavy atom. The van der Waals surface area contributed by atoms with E-state index in [0.717, 1.165) is 60.2 Å². The number of halogens is 18. The zero-order chi connectivity index (χ0) is 77.9. The van der Waals surface area contributed by atoms with Crippen molar-refractivity contribution in [2.75, 3.05) is 0 Å². The third kappa shape index (κ3) is 37.4. The standard InChI is InChI=1S/C29H29Br2N3.C29H29Br2N2O.C11H13N.C7H3Br2ClO.11ClH.H3N.H2O.2Sb/c2*1-28(2,3)21-11-7-18(8-12-21)25-32-26(19-9-13-22(14-10-19)29(4,5)6)34-27(33-25)20-15-23(30)17-24(31)16-20;1-11(2,3)9-5-7-10(12-4)8-6-9;8-5-1-4(7(10)11)2-6(9)3-5;;;;;;;;;;;;;;;/h2*7-17H,1-6H3;5-8H,1-3H3;1-3H;11*1H;1H3;1H2;;/q;+1;;;;;;;;;;;;;;;;2*+5/p-11. The average molecular weight is 2290 g/mol. The van der Waals surface area contributed by atoms with Gasteiger partial charge in [0.05, 0.1) is 6.57 Å². The van der Waals surface area contributed by atoms with Gasteiger partial charge in [-0.2, -0.15) is 4.42 Å². The van der Waals surface area contributed by atoms with Crippen molar-refractivity contribution in [1.82, 2.24) is 31.1 Å². The van der Waals surface area contributed by atoms with Gasteiger partial charge in [0.15, 0.2) is 29.0 Å². The Bertz CT molecular complexity index is 4160. The quantitative estimate of drug-likeness (QED) is 0.0713. The molecule has 8 aromatic carbocycles. The Hall–Kier alpha value is -1.14. The fourth-order valence-electron chi connectivity index (χ4n) is 9.03. The number of rotatable bonds is 7. The van der Waals surface area contributed by atoms with E-state index in [4.69, 9.17) is 136 Å². The topological polar surface area (TPSA) is 164 Å². The van der Waals surface area contributed by atoms with Crippen LogP contribution in [0.25, 0.3) is 73.3 Å². The molecule has 0 fully saturated rings. The van der Waals surface area contributed by atoms with Gasteiger partial charge in [0, 0.05) is 54.7 Å². The van der Waals surface area contributed by atoms with Crippen LogP contribution in [0, 0.1) is 6.57 Å². The summed E-state index contributed by atoms with van der Waals surface area (Å²) >= 11 is 17.4. The van der Waals surface area contributed by atoms with E-state index in [1.807, 2.05) is 66.7 Å². The predicted molar refractivity (Wildman–Crippen MR) is 479 cm³/mol.